The van der Waals surface area contributed by atoms with Gasteiger partial charge in [-0.25, -0.2) is 8.42 Å². The summed E-state index contributed by atoms with van der Waals surface area (Å²) in [5.41, 5.74) is 0.493. The lowest BCUT2D eigenvalue weighted by Crippen LogP contribution is -2.17. The number of amides is 1. The summed E-state index contributed by atoms with van der Waals surface area (Å²) in [4.78, 5) is 12.5. The number of benzene rings is 2. The van der Waals surface area contributed by atoms with Crippen LogP contribution in [0, 0.1) is 0 Å². The second kappa shape index (κ2) is 7.34. The average molecular weight is 372 g/mol. The average Bonchev–Trinajstić information content (AvgIpc) is 2.46. The molecule has 0 aromatic heterocycles. The first-order valence-electron chi connectivity index (χ1n) is 6.92. The number of anilines is 1. The first-order valence-corrected chi connectivity index (χ1v) is 9.33. The van der Waals surface area contributed by atoms with Crippen LogP contribution in [-0.4, -0.2) is 20.1 Å². The van der Waals surface area contributed by atoms with Gasteiger partial charge in [-0.15, -0.1) is 0 Å². The van der Waals surface area contributed by atoms with Gasteiger partial charge in [0.1, 0.15) is 0 Å². The van der Waals surface area contributed by atoms with Gasteiger partial charge in [0.25, 0.3) is 5.91 Å². The highest BCUT2D eigenvalue weighted by Crippen LogP contribution is 2.24. The van der Waals surface area contributed by atoms with Crippen LogP contribution in [0.1, 0.15) is 23.7 Å². The normalized spacial score (nSPS) is 11.3. The molecule has 0 aliphatic carbocycles. The molecule has 23 heavy (non-hydrogen) atoms. The van der Waals surface area contributed by atoms with E-state index in [0.717, 1.165) is 0 Å². The Kier molecular flexibility index (Phi) is 5.68. The molecule has 0 aliphatic rings. The minimum absolute atomic E-state index is 0.0136. The van der Waals surface area contributed by atoms with Gasteiger partial charge in [0, 0.05) is 15.7 Å². The summed E-state index contributed by atoms with van der Waals surface area (Å²) >= 11 is 11.8. The van der Waals surface area contributed by atoms with E-state index in [2.05, 4.69) is 5.32 Å². The van der Waals surface area contributed by atoms with Crippen LogP contribution in [0.4, 0.5) is 5.69 Å². The van der Waals surface area contributed by atoms with Crippen molar-refractivity contribution in [3.63, 3.8) is 0 Å². The SMILES string of the molecule is CCCS(=O)(=O)c1ccccc1C(=O)Nc1cc(Cl)cc(Cl)c1. The Morgan fingerprint density at radius 1 is 1.09 bits per heavy atom. The van der Waals surface area contributed by atoms with E-state index in [1.807, 2.05) is 0 Å². The van der Waals surface area contributed by atoms with Crippen LogP contribution in [-0.2, 0) is 9.84 Å². The van der Waals surface area contributed by atoms with E-state index in [4.69, 9.17) is 23.2 Å². The van der Waals surface area contributed by atoms with Crippen LogP contribution in [0.5, 0.6) is 0 Å². The summed E-state index contributed by atoms with van der Waals surface area (Å²) in [6, 6.07) is 10.7. The molecule has 2 rings (SSSR count). The maximum atomic E-state index is 12.4. The summed E-state index contributed by atoms with van der Waals surface area (Å²) in [7, 11) is -3.51. The maximum Gasteiger partial charge on any atom is 0.256 e. The number of halogens is 2. The van der Waals surface area contributed by atoms with Crippen molar-refractivity contribution in [2.45, 2.75) is 18.2 Å². The predicted octanol–water partition coefficient (Wildman–Crippen LogP) is 4.43. The summed E-state index contributed by atoms with van der Waals surface area (Å²) in [5.74, 6) is -0.543. The Morgan fingerprint density at radius 2 is 1.70 bits per heavy atom. The zero-order valence-corrected chi connectivity index (χ0v) is 14.7. The highest BCUT2D eigenvalue weighted by Gasteiger charge is 2.21. The zero-order chi connectivity index (χ0) is 17.0. The van der Waals surface area contributed by atoms with E-state index in [9.17, 15) is 13.2 Å². The lowest BCUT2D eigenvalue weighted by atomic mass is 10.2. The molecule has 0 unspecified atom stereocenters. The van der Waals surface area contributed by atoms with Crippen molar-refractivity contribution in [3.05, 3.63) is 58.1 Å². The number of rotatable bonds is 5. The maximum absolute atomic E-state index is 12.4. The van der Waals surface area contributed by atoms with Crippen LogP contribution in [0.25, 0.3) is 0 Å². The van der Waals surface area contributed by atoms with E-state index in [0.29, 0.717) is 22.2 Å². The number of sulfone groups is 1. The van der Waals surface area contributed by atoms with Gasteiger partial charge in [-0.1, -0.05) is 42.3 Å². The minimum atomic E-state index is -3.51. The van der Waals surface area contributed by atoms with Crippen molar-refractivity contribution < 1.29 is 13.2 Å². The van der Waals surface area contributed by atoms with Gasteiger partial charge >= 0.3 is 0 Å². The molecule has 0 saturated carbocycles. The van der Waals surface area contributed by atoms with Gasteiger partial charge in [-0.3, -0.25) is 4.79 Å². The molecule has 2 aromatic carbocycles. The Hall–Kier alpha value is -1.56. The highest BCUT2D eigenvalue weighted by atomic mass is 35.5. The monoisotopic (exact) mass is 371 g/mol. The van der Waals surface area contributed by atoms with Crippen molar-refractivity contribution in [2.24, 2.45) is 0 Å². The van der Waals surface area contributed by atoms with Crippen molar-refractivity contribution in [1.82, 2.24) is 0 Å². The smallest absolute Gasteiger partial charge is 0.256 e. The van der Waals surface area contributed by atoms with Crippen molar-refractivity contribution in [3.8, 4) is 0 Å². The van der Waals surface area contributed by atoms with E-state index >= 15 is 0 Å². The third kappa shape index (κ3) is 4.47. The Bertz CT molecular complexity index is 815. The fourth-order valence-corrected chi connectivity index (χ4v) is 4.19. The number of carbonyl (C=O) groups is 1. The lowest BCUT2D eigenvalue weighted by molar-refractivity contribution is 0.102. The first-order chi connectivity index (χ1) is 10.8. The second-order valence-electron chi connectivity index (χ2n) is 4.93. The van der Waals surface area contributed by atoms with Crippen LogP contribution in [0.15, 0.2) is 47.4 Å². The molecule has 0 saturated heterocycles. The molecule has 0 radical (unpaired) electrons. The number of carbonyl (C=O) groups excluding carboxylic acids is 1. The molecule has 0 bridgehead atoms. The third-order valence-electron chi connectivity index (χ3n) is 3.06. The molecule has 1 amide bonds. The van der Waals surface area contributed by atoms with E-state index < -0.39 is 15.7 Å². The van der Waals surface area contributed by atoms with E-state index in [-0.39, 0.29) is 16.2 Å². The third-order valence-corrected chi connectivity index (χ3v) is 5.47. The fraction of sp³-hybridized carbons (Fsp3) is 0.188. The molecular weight excluding hydrogens is 357 g/mol. The van der Waals surface area contributed by atoms with Crippen LogP contribution in [0.3, 0.4) is 0 Å². The zero-order valence-electron chi connectivity index (χ0n) is 12.3. The topological polar surface area (TPSA) is 63.2 Å². The van der Waals surface area contributed by atoms with Gasteiger partial charge in [0.2, 0.25) is 0 Å². The molecule has 0 fully saturated rings. The van der Waals surface area contributed by atoms with Crippen LogP contribution in [0.2, 0.25) is 10.0 Å². The van der Waals surface area contributed by atoms with Crippen molar-refractivity contribution in [1.29, 1.82) is 0 Å². The quantitative estimate of drug-likeness (QED) is 0.845. The molecule has 0 aliphatic heterocycles. The summed E-state index contributed by atoms with van der Waals surface area (Å²) < 4.78 is 24.6. The lowest BCUT2D eigenvalue weighted by Gasteiger charge is -2.11. The molecular formula is C16H15Cl2NO3S. The second-order valence-corrected chi connectivity index (χ2v) is 7.88. The Morgan fingerprint density at radius 3 is 2.30 bits per heavy atom. The summed E-state index contributed by atoms with van der Waals surface area (Å²) in [5, 5.41) is 3.37. The summed E-state index contributed by atoms with van der Waals surface area (Å²) in [6.07, 6.45) is 0.474. The molecule has 7 heteroatoms. The highest BCUT2D eigenvalue weighted by molar-refractivity contribution is 7.91. The first kappa shape index (κ1) is 17.8. The molecule has 2 aromatic rings. The summed E-state index contributed by atoms with van der Waals surface area (Å²) in [6.45, 7) is 1.77. The number of hydrogen-bond donors (Lipinski definition) is 1. The van der Waals surface area contributed by atoms with Crippen molar-refractivity contribution in [2.75, 3.05) is 11.1 Å². The largest absolute Gasteiger partial charge is 0.322 e. The molecule has 1 N–H and O–H groups in total. The number of nitrogens with one attached hydrogen (secondary N) is 1. The number of hydrogen-bond acceptors (Lipinski definition) is 3. The van der Waals surface area contributed by atoms with Gasteiger partial charge in [0.15, 0.2) is 9.84 Å². The van der Waals surface area contributed by atoms with Crippen LogP contribution >= 0.6 is 23.2 Å². The fourth-order valence-electron chi connectivity index (χ4n) is 2.13. The molecule has 122 valence electrons. The molecule has 4 nitrogen and oxygen atoms in total. The van der Waals surface area contributed by atoms with E-state index in [1.54, 1.807) is 25.1 Å². The van der Waals surface area contributed by atoms with Gasteiger partial charge < -0.3 is 5.32 Å². The Labute approximate surface area is 145 Å². The van der Waals surface area contributed by atoms with Gasteiger partial charge in [-0.05, 0) is 36.8 Å². The van der Waals surface area contributed by atoms with Crippen LogP contribution < -0.4 is 5.32 Å². The Balaban J connectivity index is 2.37. The van der Waals surface area contributed by atoms with E-state index in [1.165, 1.54) is 24.3 Å². The van der Waals surface area contributed by atoms with Crippen molar-refractivity contribution >= 4 is 44.6 Å². The standard InChI is InChI=1S/C16H15Cl2NO3S/c1-2-7-23(21,22)15-6-4-3-5-14(15)16(20)19-13-9-11(17)8-12(18)10-13/h3-6,8-10H,2,7H2,1H3,(H,19,20). The van der Waals surface area contributed by atoms with Gasteiger partial charge in [0.05, 0.1) is 16.2 Å². The molecule has 0 atom stereocenters. The minimum Gasteiger partial charge on any atom is -0.322 e. The molecule has 0 heterocycles. The molecule has 0 spiro atoms. The van der Waals surface area contributed by atoms with Gasteiger partial charge in [-0.2, -0.15) is 0 Å². The predicted molar refractivity (Wildman–Crippen MR) is 93.2 cm³/mol.